The van der Waals surface area contributed by atoms with Crippen molar-refractivity contribution in [1.82, 2.24) is 5.43 Å². The Labute approximate surface area is 153 Å². The fraction of sp³-hybridized carbons (Fsp3) is 0.0625. The molecule has 0 saturated heterocycles. The Morgan fingerprint density at radius 1 is 1.04 bits per heavy atom. The summed E-state index contributed by atoms with van der Waals surface area (Å²) < 4.78 is 23.3. The Morgan fingerprint density at radius 3 is 2.19 bits per heavy atom. The minimum absolute atomic E-state index is 0.0318. The number of nitrogens with one attached hydrogen (secondary N) is 3. The molecular weight excluding hydrogens is 354 g/mol. The smallest absolute Gasteiger partial charge is 0.234 e. The van der Waals surface area contributed by atoms with Crippen molar-refractivity contribution in [2.75, 3.05) is 17.1 Å². The standard InChI is InChI=1S/C16H19N7O2S/c1-18-14-6-2-12(3-7-14)10-19-21-16(17)22-20-11-13-4-8-15(9-5-13)23-26(24)25/h2-11,18,23H,1H3,(H,24,25)(H3,17,21,22)/p-1/b19-10+,20-11+. The van der Waals surface area contributed by atoms with Crippen molar-refractivity contribution < 1.29 is 8.76 Å². The third kappa shape index (κ3) is 6.71. The molecule has 0 radical (unpaired) electrons. The highest BCUT2D eigenvalue weighted by Crippen LogP contribution is 2.08. The van der Waals surface area contributed by atoms with Crippen molar-refractivity contribution in [2.24, 2.45) is 21.0 Å². The number of hydrazone groups is 1. The van der Waals surface area contributed by atoms with E-state index in [1.807, 2.05) is 31.3 Å². The third-order valence-corrected chi connectivity index (χ3v) is 3.48. The average molecular weight is 372 g/mol. The summed E-state index contributed by atoms with van der Waals surface area (Å²) in [5.74, 6) is 0.0318. The first kappa shape index (κ1) is 19.1. The Hall–Kier alpha value is -3.24. The predicted molar refractivity (Wildman–Crippen MR) is 105 cm³/mol. The van der Waals surface area contributed by atoms with E-state index in [2.05, 4.69) is 30.8 Å². The van der Waals surface area contributed by atoms with Crippen LogP contribution in [0.5, 0.6) is 0 Å². The lowest BCUT2D eigenvalue weighted by Crippen LogP contribution is -2.26. The molecule has 0 aliphatic rings. The second-order valence-corrected chi connectivity index (χ2v) is 5.60. The van der Waals surface area contributed by atoms with Crippen molar-refractivity contribution >= 4 is 41.0 Å². The van der Waals surface area contributed by atoms with Crippen LogP contribution in [0.3, 0.4) is 0 Å². The van der Waals surface area contributed by atoms with Crippen LogP contribution >= 0.6 is 0 Å². The van der Waals surface area contributed by atoms with Crippen molar-refractivity contribution in [3.8, 4) is 0 Å². The number of rotatable bonds is 7. The highest BCUT2D eigenvalue weighted by molar-refractivity contribution is 7.80. The molecule has 136 valence electrons. The van der Waals surface area contributed by atoms with Crippen LogP contribution in [0.1, 0.15) is 11.1 Å². The van der Waals surface area contributed by atoms with E-state index in [9.17, 15) is 8.76 Å². The molecule has 0 heterocycles. The van der Waals surface area contributed by atoms with Gasteiger partial charge in [0.05, 0.1) is 12.4 Å². The molecule has 0 spiro atoms. The molecule has 0 aliphatic carbocycles. The lowest BCUT2D eigenvalue weighted by atomic mass is 10.2. The second-order valence-electron chi connectivity index (χ2n) is 4.93. The van der Waals surface area contributed by atoms with E-state index in [1.165, 1.54) is 6.21 Å². The molecule has 2 aromatic rings. The molecule has 0 aliphatic heterocycles. The van der Waals surface area contributed by atoms with Gasteiger partial charge >= 0.3 is 0 Å². The maximum atomic E-state index is 10.5. The molecule has 5 N–H and O–H groups in total. The number of nitrogens with two attached hydrogens (primary N) is 1. The minimum atomic E-state index is -2.35. The monoisotopic (exact) mass is 372 g/mol. The summed E-state index contributed by atoms with van der Waals surface area (Å²) in [6, 6.07) is 14.2. The highest BCUT2D eigenvalue weighted by Gasteiger charge is 1.92. The van der Waals surface area contributed by atoms with E-state index in [0.717, 1.165) is 16.8 Å². The summed E-state index contributed by atoms with van der Waals surface area (Å²) in [6.07, 6.45) is 3.09. The van der Waals surface area contributed by atoms with Crippen LogP contribution < -0.4 is 21.2 Å². The van der Waals surface area contributed by atoms with Gasteiger partial charge in [-0.15, -0.1) is 5.10 Å². The molecular formula is C16H18N7O2S-. The Morgan fingerprint density at radius 2 is 1.62 bits per heavy atom. The number of benzene rings is 2. The molecule has 0 fully saturated rings. The van der Waals surface area contributed by atoms with Crippen LogP contribution in [-0.4, -0.2) is 34.2 Å². The molecule has 2 rings (SSSR count). The topological polar surface area (TPSA) is 139 Å². The SMILES string of the molecule is CNc1ccc(/C=N/NC(N)=N/N=C/c2ccc(NS(=O)[O-])cc2)cc1. The summed E-state index contributed by atoms with van der Waals surface area (Å²) in [7, 11) is 1.85. The molecule has 0 aromatic heterocycles. The van der Waals surface area contributed by atoms with Gasteiger partial charge in [0.2, 0.25) is 5.96 Å². The van der Waals surface area contributed by atoms with Crippen LogP contribution in [0.2, 0.25) is 0 Å². The van der Waals surface area contributed by atoms with E-state index >= 15 is 0 Å². The summed E-state index contributed by atoms with van der Waals surface area (Å²) in [6.45, 7) is 0. The largest absolute Gasteiger partial charge is 0.755 e. The summed E-state index contributed by atoms with van der Waals surface area (Å²) in [5, 5.41) is 14.6. The average Bonchev–Trinajstić information content (AvgIpc) is 2.63. The summed E-state index contributed by atoms with van der Waals surface area (Å²) in [5.41, 5.74) is 11.3. The van der Waals surface area contributed by atoms with E-state index in [0.29, 0.717) is 5.69 Å². The van der Waals surface area contributed by atoms with E-state index in [1.54, 1.807) is 30.5 Å². The number of nitrogens with zero attached hydrogens (tertiary/aromatic N) is 3. The molecule has 2 aromatic carbocycles. The molecule has 1 unspecified atom stereocenters. The van der Waals surface area contributed by atoms with Crippen LogP contribution in [-0.2, 0) is 11.3 Å². The van der Waals surface area contributed by atoms with E-state index < -0.39 is 11.3 Å². The van der Waals surface area contributed by atoms with Crippen molar-refractivity contribution in [3.63, 3.8) is 0 Å². The van der Waals surface area contributed by atoms with Crippen molar-refractivity contribution in [2.45, 2.75) is 0 Å². The molecule has 0 bridgehead atoms. The van der Waals surface area contributed by atoms with Crippen molar-refractivity contribution in [3.05, 3.63) is 59.7 Å². The van der Waals surface area contributed by atoms with Crippen molar-refractivity contribution in [1.29, 1.82) is 0 Å². The van der Waals surface area contributed by atoms with Gasteiger partial charge in [0.1, 0.15) is 0 Å². The molecule has 1 atom stereocenters. The lowest BCUT2D eigenvalue weighted by Gasteiger charge is -2.07. The van der Waals surface area contributed by atoms with E-state index in [-0.39, 0.29) is 5.96 Å². The fourth-order valence-corrected chi connectivity index (χ4v) is 2.15. The Balaban J connectivity index is 1.85. The zero-order chi connectivity index (χ0) is 18.8. The van der Waals surface area contributed by atoms with Gasteiger partial charge in [-0.2, -0.15) is 10.2 Å². The zero-order valence-corrected chi connectivity index (χ0v) is 14.7. The van der Waals surface area contributed by atoms with Gasteiger partial charge in [-0.25, -0.2) is 5.43 Å². The molecule has 10 heteroatoms. The van der Waals surface area contributed by atoms with Gasteiger partial charge < -0.3 is 20.3 Å². The number of guanidine groups is 1. The lowest BCUT2D eigenvalue weighted by molar-refractivity contribution is 0.542. The van der Waals surface area contributed by atoms with Gasteiger partial charge in [0, 0.05) is 29.7 Å². The van der Waals surface area contributed by atoms with Crippen LogP contribution in [0.15, 0.2) is 63.8 Å². The highest BCUT2D eigenvalue weighted by atomic mass is 32.2. The maximum Gasteiger partial charge on any atom is 0.234 e. The minimum Gasteiger partial charge on any atom is -0.755 e. The Bertz CT molecular complexity index is 817. The number of hydrogen-bond acceptors (Lipinski definition) is 6. The summed E-state index contributed by atoms with van der Waals surface area (Å²) >= 11 is -2.35. The number of anilines is 2. The first-order valence-electron chi connectivity index (χ1n) is 7.46. The van der Waals surface area contributed by atoms with Crippen LogP contribution in [0.4, 0.5) is 11.4 Å². The zero-order valence-electron chi connectivity index (χ0n) is 13.9. The molecule has 0 amide bonds. The normalized spacial score (nSPS) is 13.1. The quantitative estimate of drug-likeness (QED) is 0.250. The number of hydrogen-bond donors (Lipinski definition) is 4. The fourth-order valence-electron chi connectivity index (χ4n) is 1.82. The van der Waals surface area contributed by atoms with Gasteiger partial charge in [0.15, 0.2) is 0 Å². The molecule has 26 heavy (non-hydrogen) atoms. The molecule has 9 nitrogen and oxygen atoms in total. The first-order valence-corrected chi connectivity index (χ1v) is 8.53. The first-order chi connectivity index (χ1) is 12.6. The maximum absolute atomic E-state index is 10.5. The van der Waals surface area contributed by atoms with Gasteiger partial charge in [-0.1, -0.05) is 24.3 Å². The van der Waals surface area contributed by atoms with Gasteiger partial charge in [0.25, 0.3) is 0 Å². The molecule has 0 saturated carbocycles. The predicted octanol–water partition coefficient (Wildman–Crippen LogP) is 1.21. The second kappa shape index (κ2) is 9.91. The summed E-state index contributed by atoms with van der Waals surface area (Å²) in [4.78, 5) is 0. The van der Waals surface area contributed by atoms with E-state index in [4.69, 9.17) is 5.73 Å². The van der Waals surface area contributed by atoms with Crippen LogP contribution in [0.25, 0.3) is 0 Å². The van der Waals surface area contributed by atoms with Crippen LogP contribution in [0, 0.1) is 0 Å². The van der Waals surface area contributed by atoms with Gasteiger partial charge in [-0.3, -0.25) is 4.21 Å². The Kier molecular flexibility index (Phi) is 7.28. The third-order valence-electron chi connectivity index (χ3n) is 3.08. The van der Waals surface area contributed by atoms with Gasteiger partial charge in [-0.05, 0) is 35.4 Å².